The van der Waals surface area contributed by atoms with Crippen LogP contribution in [0.4, 0.5) is 5.69 Å². The second kappa shape index (κ2) is 5.67. The van der Waals surface area contributed by atoms with Crippen molar-refractivity contribution in [2.75, 3.05) is 0 Å². The molecule has 5 nitrogen and oxygen atoms in total. The highest BCUT2D eigenvalue weighted by Gasteiger charge is 2.06. The number of benzene rings is 1. The van der Waals surface area contributed by atoms with E-state index in [1.807, 2.05) is 19.1 Å². The van der Waals surface area contributed by atoms with Crippen molar-refractivity contribution >= 4 is 33.5 Å². The molecule has 0 aromatic heterocycles. The van der Waals surface area contributed by atoms with Gasteiger partial charge in [-0.2, -0.15) is 4.99 Å². The largest absolute Gasteiger partial charge is 0.370 e. The van der Waals surface area contributed by atoms with E-state index in [4.69, 9.17) is 17.2 Å². The third-order valence-corrected chi connectivity index (χ3v) is 2.65. The van der Waals surface area contributed by atoms with Gasteiger partial charge in [-0.25, -0.2) is 4.99 Å². The zero-order valence-corrected chi connectivity index (χ0v) is 11.5. The lowest BCUT2D eigenvalue weighted by molar-refractivity contribution is 1.12. The van der Waals surface area contributed by atoms with E-state index in [2.05, 4.69) is 32.8 Å². The summed E-state index contributed by atoms with van der Waals surface area (Å²) < 4.78 is 1.02. The van der Waals surface area contributed by atoms with E-state index >= 15 is 0 Å². The van der Waals surface area contributed by atoms with Crippen molar-refractivity contribution in [1.29, 1.82) is 0 Å². The molecule has 0 radical (unpaired) electrons. The van der Waals surface area contributed by atoms with E-state index in [0.717, 1.165) is 27.7 Å². The highest BCUT2D eigenvalue weighted by Crippen LogP contribution is 2.28. The fourth-order valence-electron chi connectivity index (χ4n) is 1.51. The molecule has 1 aromatic rings. The molecule has 0 heterocycles. The molecular formula is C11H16BrN5. The molecule has 0 amide bonds. The predicted molar refractivity (Wildman–Crippen MR) is 75.3 cm³/mol. The highest BCUT2D eigenvalue weighted by atomic mass is 79.9. The average Bonchev–Trinajstić information content (AvgIpc) is 2.20. The summed E-state index contributed by atoms with van der Waals surface area (Å²) in [4.78, 5) is 7.94. The van der Waals surface area contributed by atoms with Crippen molar-refractivity contribution in [3.05, 3.63) is 27.7 Å². The number of guanidine groups is 2. The Balaban J connectivity index is 3.27. The van der Waals surface area contributed by atoms with E-state index < -0.39 is 0 Å². The molecule has 0 unspecified atom stereocenters. The SMILES string of the molecule is CCc1cc(Br)cc(C)c1N=C(N)N=C(N)N. The summed E-state index contributed by atoms with van der Waals surface area (Å²) in [5.41, 5.74) is 19.0. The van der Waals surface area contributed by atoms with Crippen molar-refractivity contribution < 1.29 is 0 Å². The molecule has 17 heavy (non-hydrogen) atoms. The fourth-order valence-corrected chi connectivity index (χ4v) is 2.13. The molecule has 0 aliphatic rings. The molecule has 0 spiro atoms. The van der Waals surface area contributed by atoms with E-state index in [0.29, 0.717) is 0 Å². The minimum Gasteiger partial charge on any atom is -0.370 e. The standard InChI is InChI=1S/C11H16BrN5/c1-3-7-5-8(12)4-6(2)9(7)16-11(15)17-10(13)14/h4-5H,3H2,1-2H3,(H6,13,14,15,16,17). The lowest BCUT2D eigenvalue weighted by atomic mass is 10.1. The fraction of sp³-hybridized carbons (Fsp3) is 0.273. The smallest absolute Gasteiger partial charge is 0.223 e. The number of halogens is 1. The van der Waals surface area contributed by atoms with Crippen LogP contribution in [0.5, 0.6) is 0 Å². The van der Waals surface area contributed by atoms with Crippen molar-refractivity contribution in [3.63, 3.8) is 0 Å². The Bertz CT molecular complexity index is 475. The van der Waals surface area contributed by atoms with Gasteiger partial charge in [-0.3, -0.25) is 0 Å². The van der Waals surface area contributed by atoms with Gasteiger partial charge in [0.15, 0.2) is 5.96 Å². The number of aryl methyl sites for hydroxylation is 2. The minimum absolute atomic E-state index is 0.0603. The van der Waals surface area contributed by atoms with Crippen molar-refractivity contribution in [3.8, 4) is 0 Å². The van der Waals surface area contributed by atoms with E-state index in [-0.39, 0.29) is 11.9 Å². The summed E-state index contributed by atoms with van der Waals surface area (Å²) in [5, 5.41) is 0. The highest BCUT2D eigenvalue weighted by molar-refractivity contribution is 9.10. The van der Waals surface area contributed by atoms with Crippen molar-refractivity contribution in [2.24, 2.45) is 27.2 Å². The van der Waals surface area contributed by atoms with Gasteiger partial charge in [0.25, 0.3) is 0 Å². The first kappa shape index (κ1) is 13.5. The van der Waals surface area contributed by atoms with Crippen LogP contribution in [0.1, 0.15) is 18.1 Å². The number of nitrogens with zero attached hydrogens (tertiary/aromatic N) is 2. The van der Waals surface area contributed by atoms with Crippen LogP contribution in [0, 0.1) is 6.92 Å². The first-order valence-corrected chi connectivity index (χ1v) is 5.96. The molecule has 6 heteroatoms. The van der Waals surface area contributed by atoms with Crippen LogP contribution in [-0.2, 0) is 6.42 Å². The molecule has 0 bridgehead atoms. The van der Waals surface area contributed by atoms with Gasteiger partial charge in [0.1, 0.15) is 0 Å². The van der Waals surface area contributed by atoms with Crippen molar-refractivity contribution in [1.82, 2.24) is 0 Å². The third-order valence-electron chi connectivity index (χ3n) is 2.20. The van der Waals surface area contributed by atoms with Gasteiger partial charge in [-0.05, 0) is 36.6 Å². The summed E-state index contributed by atoms with van der Waals surface area (Å²) in [6.07, 6.45) is 0.855. The van der Waals surface area contributed by atoms with Gasteiger partial charge in [0.05, 0.1) is 5.69 Å². The second-order valence-corrected chi connectivity index (χ2v) is 4.51. The summed E-state index contributed by atoms with van der Waals surface area (Å²) >= 11 is 3.45. The summed E-state index contributed by atoms with van der Waals surface area (Å²) in [6.45, 7) is 4.02. The maximum Gasteiger partial charge on any atom is 0.223 e. The molecule has 0 saturated heterocycles. The molecule has 0 aliphatic heterocycles. The zero-order chi connectivity index (χ0) is 13.0. The molecule has 0 saturated carbocycles. The van der Waals surface area contributed by atoms with Crippen LogP contribution in [0.2, 0.25) is 0 Å². The lowest BCUT2D eigenvalue weighted by Gasteiger charge is -2.08. The number of hydrogen-bond acceptors (Lipinski definition) is 1. The number of rotatable bonds is 2. The van der Waals surface area contributed by atoms with Crippen LogP contribution < -0.4 is 17.2 Å². The molecule has 1 rings (SSSR count). The summed E-state index contributed by atoms with van der Waals surface area (Å²) in [6, 6.07) is 3.98. The van der Waals surface area contributed by atoms with Crippen LogP contribution >= 0.6 is 15.9 Å². The third kappa shape index (κ3) is 3.74. The maximum atomic E-state index is 5.63. The number of aliphatic imine (C=N–C) groups is 2. The number of nitrogens with two attached hydrogens (primary N) is 3. The molecular weight excluding hydrogens is 282 g/mol. The second-order valence-electron chi connectivity index (χ2n) is 3.59. The van der Waals surface area contributed by atoms with Gasteiger partial charge in [0, 0.05) is 4.47 Å². The first-order valence-electron chi connectivity index (χ1n) is 5.16. The zero-order valence-electron chi connectivity index (χ0n) is 9.87. The monoisotopic (exact) mass is 297 g/mol. The van der Waals surface area contributed by atoms with Crippen LogP contribution in [-0.4, -0.2) is 11.9 Å². The Hall–Kier alpha value is -1.56. The normalized spacial score (nSPS) is 11.4. The Labute approximate surface area is 109 Å². The first-order chi connectivity index (χ1) is 7.93. The topological polar surface area (TPSA) is 103 Å². The Morgan fingerprint density at radius 1 is 1.29 bits per heavy atom. The Morgan fingerprint density at radius 3 is 2.47 bits per heavy atom. The molecule has 0 atom stereocenters. The molecule has 92 valence electrons. The van der Waals surface area contributed by atoms with E-state index in [9.17, 15) is 0 Å². The quantitative estimate of drug-likeness (QED) is 0.570. The van der Waals surface area contributed by atoms with Gasteiger partial charge < -0.3 is 17.2 Å². The summed E-state index contributed by atoms with van der Waals surface area (Å²) in [5.74, 6) is -0.0378. The average molecular weight is 298 g/mol. The van der Waals surface area contributed by atoms with E-state index in [1.54, 1.807) is 0 Å². The predicted octanol–water partition coefficient (Wildman–Crippen LogP) is 1.54. The van der Waals surface area contributed by atoms with Crippen molar-refractivity contribution in [2.45, 2.75) is 20.3 Å². The lowest BCUT2D eigenvalue weighted by Crippen LogP contribution is -2.26. The Morgan fingerprint density at radius 2 is 1.94 bits per heavy atom. The molecule has 0 aliphatic carbocycles. The number of hydrogen-bond donors (Lipinski definition) is 3. The Kier molecular flexibility index (Phi) is 4.51. The van der Waals surface area contributed by atoms with Gasteiger partial charge >= 0.3 is 0 Å². The van der Waals surface area contributed by atoms with Gasteiger partial charge in [-0.1, -0.05) is 22.9 Å². The van der Waals surface area contributed by atoms with Crippen LogP contribution in [0.15, 0.2) is 26.6 Å². The van der Waals surface area contributed by atoms with Gasteiger partial charge in [-0.15, -0.1) is 0 Å². The van der Waals surface area contributed by atoms with Crippen LogP contribution in [0.25, 0.3) is 0 Å². The maximum absolute atomic E-state index is 5.63. The molecule has 6 N–H and O–H groups in total. The van der Waals surface area contributed by atoms with E-state index in [1.165, 1.54) is 0 Å². The van der Waals surface area contributed by atoms with Crippen LogP contribution in [0.3, 0.4) is 0 Å². The molecule has 0 fully saturated rings. The molecule has 1 aromatic carbocycles. The van der Waals surface area contributed by atoms with Gasteiger partial charge in [0.2, 0.25) is 5.96 Å². The minimum atomic E-state index is -0.0981. The summed E-state index contributed by atoms with van der Waals surface area (Å²) in [7, 11) is 0.